The predicted molar refractivity (Wildman–Crippen MR) is 79.3 cm³/mol. The van der Waals surface area contributed by atoms with Gasteiger partial charge in [-0.2, -0.15) is 18.2 Å². The van der Waals surface area contributed by atoms with Crippen molar-refractivity contribution in [3.05, 3.63) is 35.7 Å². The Morgan fingerprint density at radius 1 is 1.36 bits per heavy atom. The van der Waals surface area contributed by atoms with E-state index in [9.17, 15) is 18.0 Å². The summed E-state index contributed by atoms with van der Waals surface area (Å²) in [5.74, 6) is -2.10. The molecule has 0 aliphatic heterocycles. The molecule has 0 saturated heterocycles. The van der Waals surface area contributed by atoms with Gasteiger partial charge in [-0.25, -0.2) is 0 Å². The normalized spacial score (nSPS) is 12.8. The smallest absolute Gasteiger partial charge is 0.468 e. The van der Waals surface area contributed by atoms with E-state index in [-0.39, 0.29) is 12.4 Å². The molecule has 0 unspecified atom stereocenters. The number of halogens is 3. The molecule has 0 spiro atoms. The number of hydrogen-bond donors (Lipinski definition) is 2. The molecule has 0 bridgehead atoms. The highest BCUT2D eigenvalue weighted by atomic mass is 19.4. The molecule has 2 aromatic rings. The lowest BCUT2D eigenvalue weighted by Crippen LogP contribution is -2.41. The Bertz CT molecular complexity index is 701. The van der Waals surface area contributed by atoms with Crippen molar-refractivity contribution in [3.63, 3.8) is 0 Å². The van der Waals surface area contributed by atoms with Crippen molar-refractivity contribution in [1.82, 2.24) is 15.5 Å². The van der Waals surface area contributed by atoms with E-state index in [0.717, 1.165) is 5.56 Å². The first-order chi connectivity index (χ1) is 11.8. The molecule has 2 N–H and O–H groups in total. The number of benzene rings is 1. The molecule has 7 nitrogen and oxygen atoms in total. The van der Waals surface area contributed by atoms with Crippen LogP contribution in [0.2, 0.25) is 0 Å². The highest BCUT2D eigenvalue weighted by molar-refractivity contribution is 5.75. The summed E-state index contributed by atoms with van der Waals surface area (Å²) in [4.78, 5) is 14.6. The Balaban J connectivity index is 1.94. The van der Waals surface area contributed by atoms with Crippen LogP contribution >= 0.6 is 0 Å². The molecule has 136 valence electrons. The average Bonchev–Trinajstić information content (AvgIpc) is 3.09. The van der Waals surface area contributed by atoms with Crippen molar-refractivity contribution in [3.8, 4) is 11.4 Å². The second-order valence-electron chi connectivity index (χ2n) is 5.08. The number of aromatic nitrogens is 2. The number of carbonyl (C=O) groups is 1. The summed E-state index contributed by atoms with van der Waals surface area (Å²) in [7, 11) is 1.23. The summed E-state index contributed by atoms with van der Waals surface area (Å²) in [6.45, 7) is 0.0189. The standard InChI is InChI=1S/C15H16F3N3O4/c1-24-13(23)11(8-22)19-7-6-9-2-4-10(5-3-9)12-20-14(25-21-12)15(16,17)18/h2-5,11,19,22H,6-8H2,1H3/t11-/m0/s1. The maximum absolute atomic E-state index is 12.4. The number of alkyl halides is 3. The summed E-state index contributed by atoms with van der Waals surface area (Å²) in [5, 5.41) is 15.2. The van der Waals surface area contributed by atoms with E-state index in [1.807, 2.05) is 0 Å². The van der Waals surface area contributed by atoms with Gasteiger partial charge in [-0.05, 0) is 12.0 Å². The van der Waals surface area contributed by atoms with Crippen LogP contribution in [0.3, 0.4) is 0 Å². The van der Waals surface area contributed by atoms with E-state index >= 15 is 0 Å². The Hall–Kier alpha value is -2.46. The van der Waals surface area contributed by atoms with Crippen LogP contribution in [0.25, 0.3) is 11.4 Å². The van der Waals surface area contributed by atoms with Gasteiger partial charge in [0, 0.05) is 12.1 Å². The average molecular weight is 359 g/mol. The minimum atomic E-state index is -4.68. The molecular formula is C15H16F3N3O4. The van der Waals surface area contributed by atoms with Gasteiger partial charge in [0.15, 0.2) is 0 Å². The quantitative estimate of drug-likeness (QED) is 0.722. The molecule has 0 radical (unpaired) electrons. The van der Waals surface area contributed by atoms with E-state index in [1.54, 1.807) is 24.3 Å². The minimum absolute atomic E-state index is 0.150. The lowest BCUT2D eigenvalue weighted by atomic mass is 10.1. The fraction of sp³-hybridized carbons (Fsp3) is 0.400. The molecule has 2 rings (SSSR count). The maximum Gasteiger partial charge on any atom is 0.471 e. The largest absolute Gasteiger partial charge is 0.471 e. The number of ether oxygens (including phenoxy) is 1. The third-order valence-electron chi connectivity index (χ3n) is 3.35. The first kappa shape index (κ1) is 18.9. The predicted octanol–water partition coefficient (Wildman–Crippen LogP) is 1.42. The second-order valence-corrected chi connectivity index (χ2v) is 5.08. The summed E-state index contributed by atoms with van der Waals surface area (Å²) in [6, 6.07) is 5.75. The molecule has 0 fully saturated rings. The SMILES string of the molecule is COC(=O)[C@H](CO)NCCc1ccc(-c2noc(C(F)(F)F)n2)cc1. The topological polar surface area (TPSA) is 97.5 Å². The minimum Gasteiger partial charge on any atom is -0.468 e. The zero-order valence-electron chi connectivity index (χ0n) is 13.2. The number of rotatable bonds is 7. The van der Waals surface area contributed by atoms with Crippen LogP contribution in [0.15, 0.2) is 28.8 Å². The fourth-order valence-electron chi connectivity index (χ4n) is 2.03. The lowest BCUT2D eigenvalue weighted by Gasteiger charge is -2.13. The highest BCUT2D eigenvalue weighted by Gasteiger charge is 2.38. The van der Waals surface area contributed by atoms with Gasteiger partial charge in [-0.15, -0.1) is 0 Å². The molecule has 1 atom stereocenters. The van der Waals surface area contributed by atoms with Gasteiger partial charge in [-0.1, -0.05) is 29.4 Å². The van der Waals surface area contributed by atoms with Gasteiger partial charge in [0.05, 0.1) is 13.7 Å². The lowest BCUT2D eigenvalue weighted by molar-refractivity contribution is -0.159. The molecular weight excluding hydrogens is 343 g/mol. The summed E-state index contributed by atoms with van der Waals surface area (Å²) in [5.41, 5.74) is 1.26. The summed E-state index contributed by atoms with van der Waals surface area (Å²) in [6.07, 6.45) is -4.15. The van der Waals surface area contributed by atoms with Gasteiger partial charge in [0.25, 0.3) is 0 Å². The van der Waals surface area contributed by atoms with Gasteiger partial charge < -0.3 is 19.7 Å². The van der Waals surface area contributed by atoms with E-state index in [1.165, 1.54) is 7.11 Å². The molecule has 0 amide bonds. The zero-order valence-corrected chi connectivity index (χ0v) is 13.2. The van der Waals surface area contributed by atoms with Crippen molar-refractivity contribution in [2.75, 3.05) is 20.3 Å². The number of carbonyl (C=O) groups excluding carboxylic acids is 1. The number of esters is 1. The molecule has 0 saturated carbocycles. The van der Waals surface area contributed by atoms with Crippen LogP contribution in [0, 0.1) is 0 Å². The third kappa shape index (κ3) is 5.00. The third-order valence-corrected chi connectivity index (χ3v) is 3.35. The van der Waals surface area contributed by atoms with E-state index < -0.39 is 24.1 Å². The molecule has 10 heteroatoms. The van der Waals surface area contributed by atoms with Gasteiger partial charge >= 0.3 is 18.0 Å². The van der Waals surface area contributed by atoms with Crippen LogP contribution < -0.4 is 5.32 Å². The van der Waals surface area contributed by atoms with Crippen molar-refractivity contribution in [2.45, 2.75) is 18.6 Å². The molecule has 1 aromatic carbocycles. The van der Waals surface area contributed by atoms with E-state index in [4.69, 9.17) is 5.11 Å². The first-order valence-corrected chi connectivity index (χ1v) is 7.27. The zero-order chi connectivity index (χ0) is 18.4. The van der Waals surface area contributed by atoms with Gasteiger partial charge in [0.1, 0.15) is 6.04 Å². The summed E-state index contributed by atoms with van der Waals surface area (Å²) < 4.78 is 46.0. The van der Waals surface area contributed by atoms with Crippen molar-refractivity contribution in [1.29, 1.82) is 0 Å². The molecule has 0 aliphatic rings. The van der Waals surface area contributed by atoms with Crippen LogP contribution in [0.5, 0.6) is 0 Å². The Morgan fingerprint density at radius 3 is 2.56 bits per heavy atom. The van der Waals surface area contributed by atoms with Crippen LogP contribution in [0.4, 0.5) is 13.2 Å². The monoisotopic (exact) mass is 359 g/mol. The number of nitrogens with zero attached hydrogens (tertiary/aromatic N) is 2. The van der Waals surface area contributed by atoms with Gasteiger partial charge in [0.2, 0.25) is 5.82 Å². The Morgan fingerprint density at radius 2 is 2.04 bits per heavy atom. The number of nitrogens with one attached hydrogen (secondary N) is 1. The van der Waals surface area contributed by atoms with Crippen molar-refractivity contribution >= 4 is 5.97 Å². The second kappa shape index (κ2) is 8.08. The Kier molecular flexibility index (Phi) is 6.10. The first-order valence-electron chi connectivity index (χ1n) is 7.27. The van der Waals surface area contributed by atoms with Crippen LogP contribution in [0.1, 0.15) is 11.5 Å². The molecule has 1 heterocycles. The molecule has 1 aromatic heterocycles. The fourth-order valence-corrected chi connectivity index (χ4v) is 2.03. The number of aliphatic hydroxyl groups is 1. The highest BCUT2D eigenvalue weighted by Crippen LogP contribution is 2.29. The summed E-state index contributed by atoms with van der Waals surface area (Å²) >= 11 is 0. The van der Waals surface area contributed by atoms with Gasteiger partial charge in [-0.3, -0.25) is 4.79 Å². The molecule has 0 aliphatic carbocycles. The Labute approximate surface area is 140 Å². The number of methoxy groups -OCH3 is 1. The maximum atomic E-state index is 12.4. The van der Waals surface area contributed by atoms with E-state index in [0.29, 0.717) is 18.5 Å². The van der Waals surface area contributed by atoms with Crippen LogP contribution in [-0.4, -0.2) is 47.5 Å². The van der Waals surface area contributed by atoms with Crippen molar-refractivity contribution in [2.24, 2.45) is 0 Å². The number of hydrogen-bond acceptors (Lipinski definition) is 7. The molecule has 25 heavy (non-hydrogen) atoms. The van der Waals surface area contributed by atoms with Crippen LogP contribution in [-0.2, 0) is 22.1 Å². The van der Waals surface area contributed by atoms with Crippen molar-refractivity contribution < 1.29 is 32.3 Å². The van der Waals surface area contributed by atoms with E-state index in [2.05, 4.69) is 24.7 Å². The number of aliphatic hydroxyl groups excluding tert-OH is 1.